The summed E-state index contributed by atoms with van der Waals surface area (Å²) in [6, 6.07) is 13.6. The number of unbranched alkanes of at least 4 members (excludes halogenated alkanes) is 3. The lowest BCUT2D eigenvalue weighted by Gasteiger charge is -2.38. The monoisotopic (exact) mass is 394 g/mol. The van der Waals surface area contributed by atoms with E-state index in [1.54, 1.807) is 6.07 Å². The van der Waals surface area contributed by atoms with Gasteiger partial charge in [0.2, 0.25) is 6.79 Å². The predicted octanol–water partition coefficient (Wildman–Crippen LogP) is 5.33. The van der Waals surface area contributed by atoms with Gasteiger partial charge in [-0.3, -0.25) is 10.3 Å². The van der Waals surface area contributed by atoms with E-state index in [4.69, 9.17) is 14.5 Å². The third-order valence-corrected chi connectivity index (χ3v) is 5.80. The standard InChI is InChI=1S/C24H30N2O3/c1-3-4-5-8-13-24(2)25-19(17-11-12-22-23(14-17)29-16-28-22)15-20(26-24)18-9-6-7-10-21(18)27/h6-7,9-12,14,20,26-27H,3-5,8,13,15-16H2,1-2H3/t20-,24+/m1/s1. The number of aliphatic imine (C=N–C) groups is 1. The van der Waals surface area contributed by atoms with Gasteiger partial charge in [-0.25, -0.2) is 0 Å². The fraction of sp³-hybridized carbons (Fsp3) is 0.458. The van der Waals surface area contributed by atoms with Gasteiger partial charge in [0.15, 0.2) is 11.5 Å². The number of aromatic hydroxyl groups is 1. The summed E-state index contributed by atoms with van der Waals surface area (Å²) in [6.45, 7) is 4.66. The van der Waals surface area contributed by atoms with E-state index in [9.17, 15) is 5.11 Å². The smallest absolute Gasteiger partial charge is 0.231 e. The van der Waals surface area contributed by atoms with Gasteiger partial charge in [0.05, 0.1) is 0 Å². The van der Waals surface area contributed by atoms with Gasteiger partial charge in [-0.1, -0.05) is 44.4 Å². The Hall–Kier alpha value is -2.53. The lowest BCUT2D eigenvalue weighted by atomic mass is 9.90. The van der Waals surface area contributed by atoms with Gasteiger partial charge >= 0.3 is 0 Å². The Labute approximate surface area is 172 Å². The molecule has 2 heterocycles. The number of benzene rings is 2. The van der Waals surface area contributed by atoms with Crippen LogP contribution < -0.4 is 14.8 Å². The maximum Gasteiger partial charge on any atom is 0.231 e. The van der Waals surface area contributed by atoms with E-state index >= 15 is 0 Å². The molecule has 2 aliphatic heterocycles. The molecule has 2 N–H and O–H groups in total. The molecule has 0 saturated heterocycles. The zero-order chi connectivity index (χ0) is 20.3. The second-order valence-electron chi connectivity index (χ2n) is 8.17. The Morgan fingerprint density at radius 3 is 2.76 bits per heavy atom. The number of phenolic OH excluding ortho intramolecular Hbond substituents is 1. The van der Waals surface area contributed by atoms with Crippen molar-refractivity contribution in [2.24, 2.45) is 4.99 Å². The number of ether oxygens (including phenoxy) is 2. The molecular formula is C24H30N2O3. The average Bonchev–Trinajstić information content (AvgIpc) is 3.19. The number of nitrogens with one attached hydrogen (secondary N) is 1. The summed E-state index contributed by atoms with van der Waals surface area (Å²) >= 11 is 0. The maximum atomic E-state index is 10.4. The summed E-state index contributed by atoms with van der Waals surface area (Å²) in [4.78, 5) is 5.14. The van der Waals surface area contributed by atoms with E-state index < -0.39 is 0 Å². The summed E-state index contributed by atoms with van der Waals surface area (Å²) < 4.78 is 11.0. The fourth-order valence-corrected chi connectivity index (χ4v) is 4.25. The van der Waals surface area contributed by atoms with E-state index in [0.29, 0.717) is 12.2 Å². The van der Waals surface area contributed by atoms with Crippen LogP contribution >= 0.6 is 0 Å². The van der Waals surface area contributed by atoms with E-state index in [1.165, 1.54) is 19.3 Å². The van der Waals surface area contributed by atoms with Crippen molar-refractivity contribution in [2.75, 3.05) is 6.79 Å². The molecule has 5 heteroatoms. The van der Waals surface area contributed by atoms with Gasteiger partial charge in [0, 0.05) is 23.7 Å². The van der Waals surface area contributed by atoms with Crippen molar-refractivity contribution < 1.29 is 14.6 Å². The number of phenols is 1. The first kappa shape index (κ1) is 19.8. The highest BCUT2D eigenvalue weighted by atomic mass is 16.7. The first-order valence-corrected chi connectivity index (χ1v) is 10.6. The summed E-state index contributed by atoms with van der Waals surface area (Å²) in [7, 11) is 0. The molecule has 0 fully saturated rings. The van der Waals surface area contributed by atoms with Crippen LogP contribution in [-0.4, -0.2) is 23.3 Å². The average molecular weight is 395 g/mol. The molecule has 0 amide bonds. The SMILES string of the molecule is CCCCCC[C@@]1(C)N=C(c2ccc3c(c2)OCO3)C[C@H](c2ccccc2O)N1. The topological polar surface area (TPSA) is 63.1 Å². The van der Waals surface area contributed by atoms with Crippen molar-refractivity contribution in [3.05, 3.63) is 53.6 Å². The van der Waals surface area contributed by atoms with Crippen LogP contribution in [0.5, 0.6) is 17.2 Å². The first-order valence-electron chi connectivity index (χ1n) is 10.6. The molecule has 5 nitrogen and oxygen atoms in total. The molecule has 4 rings (SSSR count). The minimum Gasteiger partial charge on any atom is -0.508 e. The third-order valence-electron chi connectivity index (χ3n) is 5.80. The van der Waals surface area contributed by atoms with Crippen molar-refractivity contribution >= 4 is 5.71 Å². The zero-order valence-electron chi connectivity index (χ0n) is 17.3. The molecular weight excluding hydrogens is 364 g/mol. The molecule has 0 aliphatic carbocycles. The molecule has 0 spiro atoms. The van der Waals surface area contributed by atoms with E-state index in [1.807, 2.05) is 30.3 Å². The first-order chi connectivity index (χ1) is 14.1. The van der Waals surface area contributed by atoms with Gasteiger partial charge in [0.25, 0.3) is 0 Å². The summed E-state index contributed by atoms with van der Waals surface area (Å²) in [5, 5.41) is 14.2. The Morgan fingerprint density at radius 2 is 1.93 bits per heavy atom. The quantitative estimate of drug-likeness (QED) is 0.623. The van der Waals surface area contributed by atoms with E-state index in [-0.39, 0.29) is 18.5 Å². The number of hydrogen-bond donors (Lipinski definition) is 2. The Kier molecular flexibility index (Phi) is 5.76. The third kappa shape index (κ3) is 4.40. The van der Waals surface area contributed by atoms with Crippen LogP contribution in [0.15, 0.2) is 47.5 Å². The van der Waals surface area contributed by atoms with Crippen LogP contribution in [-0.2, 0) is 0 Å². The highest BCUT2D eigenvalue weighted by Gasteiger charge is 2.34. The second kappa shape index (κ2) is 8.46. The maximum absolute atomic E-state index is 10.4. The van der Waals surface area contributed by atoms with Crippen molar-refractivity contribution in [2.45, 2.75) is 64.1 Å². The highest BCUT2D eigenvalue weighted by Crippen LogP contribution is 2.37. The molecule has 154 valence electrons. The zero-order valence-corrected chi connectivity index (χ0v) is 17.3. The van der Waals surface area contributed by atoms with Crippen molar-refractivity contribution in [3.63, 3.8) is 0 Å². The predicted molar refractivity (Wildman–Crippen MR) is 115 cm³/mol. The van der Waals surface area contributed by atoms with Crippen molar-refractivity contribution in [3.8, 4) is 17.2 Å². The molecule has 0 radical (unpaired) electrons. The summed E-state index contributed by atoms with van der Waals surface area (Å²) in [5.74, 6) is 1.88. The number of nitrogens with zero attached hydrogens (tertiary/aromatic N) is 1. The van der Waals surface area contributed by atoms with Crippen LogP contribution in [0.4, 0.5) is 0 Å². The second-order valence-corrected chi connectivity index (χ2v) is 8.17. The number of rotatable bonds is 7. The number of hydrogen-bond acceptors (Lipinski definition) is 5. The van der Waals surface area contributed by atoms with Crippen molar-refractivity contribution in [1.82, 2.24) is 5.32 Å². The molecule has 2 aromatic carbocycles. The Bertz CT molecular complexity index is 895. The van der Waals surface area contributed by atoms with Gasteiger partial charge in [-0.05, 0) is 49.6 Å². The lowest BCUT2D eigenvalue weighted by Crippen LogP contribution is -2.47. The number of fused-ring (bicyclic) bond motifs is 1. The molecule has 29 heavy (non-hydrogen) atoms. The normalized spacial score (nSPS) is 23.1. The van der Waals surface area contributed by atoms with Crippen LogP contribution in [0.2, 0.25) is 0 Å². The Morgan fingerprint density at radius 1 is 1.10 bits per heavy atom. The van der Waals surface area contributed by atoms with Crippen LogP contribution in [0.25, 0.3) is 0 Å². The van der Waals surface area contributed by atoms with Gasteiger partial charge in [-0.2, -0.15) is 0 Å². The molecule has 0 bridgehead atoms. The lowest BCUT2D eigenvalue weighted by molar-refractivity contribution is 0.174. The van der Waals surface area contributed by atoms with Crippen LogP contribution in [0.1, 0.15) is 69.5 Å². The molecule has 0 aromatic heterocycles. The summed E-state index contributed by atoms with van der Waals surface area (Å²) in [5.41, 5.74) is 2.63. The van der Waals surface area contributed by atoms with Crippen molar-refractivity contribution in [1.29, 1.82) is 0 Å². The Balaban J connectivity index is 1.65. The molecule has 0 unspecified atom stereocenters. The largest absolute Gasteiger partial charge is 0.508 e. The van der Waals surface area contributed by atoms with Crippen LogP contribution in [0, 0.1) is 0 Å². The van der Waals surface area contributed by atoms with Gasteiger partial charge in [0.1, 0.15) is 11.4 Å². The number of para-hydroxylation sites is 1. The van der Waals surface area contributed by atoms with Gasteiger partial charge in [-0.15, -0.1) is 0 Å². The molecule has 2 aromatic rings. The fourth-order valence-electron chi connectivity index (χ4n) is 4.25. The van der Waals surface area contributed by atoms with Gasteiger partial charge < -0.3 is 14.6 Å². The minimum atomic E-state index is -0.370. The molecule has 2 atom stereocenters. The highest BCUT2D eigenvalue weighted by molar-refractivity contribution is 6.02. The molecule has 0 saturated carbocycles. The van der Waals surface area contributed by atoms with E-state index in [0.717, 1.165) is 41.2 Å². The molecule has 2 aliphatic rings. The van der Waals surface area contributed by atoms with E-state index in [2.05, 4.69) is 25.2 Å². The minimum absolute atomic E-state index is 0.00491. The summed E-state index contributed by atoms with van der Waals surface area (Å²) in [6.07, 6.45) is 6.48. The van der Waals surface area contributed by atoms with Crippen LogP contribution in [0.3, 0.4) is 0 Å².